The number of nitrogens with one attached hydrogen (secondary N) is 1. The van der Waals surface area contributed by atoms with Gasteiger partial charge in [0.05, 0.1) is 25.3 Å². The molecule has 3 aromatic rings. The fourth-order valence-corrected chi connectivity index (χ4v) is 2.71. The van der Waals surface area contributed by atoms with E-state index in [1.165, 1.54) is 0 Å². The highest BCUT2D eigenvalue weighted by molar-refractivity contribution is 7.15. The van der Waals surface area contributed by atoms with Gasteiger partial charge in [-0.05, 0) is 24.3 Å². The summed E-state index contributed by atoms with van der Waals surface area (Å²) in [6, 6.07) is 9.45. The summed E-state index contributed by atoms with van der Waals surface area (Å²) in [4.78, 5) is 5.32. The van der Waals surface area contributed by atoms with Gasteiger partial charge in [-0.25, -0.2) is 0 Å². The van der Waals surface area contributed by atoms with Crippen molar-refractivity contribution in [1.82, 2.24) is 9.38 Å². The quantitative estimate of drug-likeness (QED) is 0.800. The van der Waals surface area contributed by atoms with Crippen LogP contribution in [-0.2, 0) is 6.54 Å². The number of benzene rings is 1. The summed E-state index contributed by atoms with van der Waals surface area (Å²) in [6.07, 6.45) is 1.98. The highest BCUT2D eigenvalue weighted by Gasteiger charge is 2.13. The molecule has 0 radical (unpaired) electrons. The van der Waals surface area contributed by atoms with E-state index >= 15 is 0 Å². The van der Waals surface area contributed by atoms with Crippen LogP contribution in [0.5, 0.6) is 5.88 Å². The third kappa shape index (κ3) is 2.19. The molecule has 3 rings (SSSR count). The van der Waals surface area contributed by atoms with Crippen LogP contribution in [0.15, 0.2) is 35.8 Å². The minimum Gasteiger partial charge on any atom is -0.480 e. The molecule has 2 heterocycles. The Morgan fingerprint density at radius 2 is 2.20 bits per heavy atom. The fraction of sp³-hybridized carbons (Fsp3) is 0.143. The molecule has 20 heavy (non-hydrogen) atoms. The second-order valence-corrected chi connectivity index (χ2v) is 5.04. The lowest BCUT2D eigenvalue weighted by Gasteiger charge is -2.07. The van der Waals surface area contributed by atoms with Crippen molar-refractivity contribution in [3.63, 3.8) is 0 Å². The van der Waals surface area contributed by atoms with Crippen molar-refractivity contribution in [3.05, 3.63) is 47.1 Å². The Balaban J connectivity index is 1.82. The molecule has 0 spiro atoms. The van der Waals surface area contributed by atoms with Gasteiger partial charge in [-0.15, -0.1) is 11.3 Å². The molecular weight excluding hydrogens is 272 g/mol. The zero-order valence-electron chi connectivity index (χ0n) is 10.8. The van der Waals surface area contributed by atoms with Crippen LogP contribution in [0.4, 0.5) is 5.69 Å². The number of hydrogen-bond donors (Lipinski definition) is 1. The van der Waals surface area contributed by atoms with E-state index in [4.69, 9.17) is 10.00 Å². The molecular formula is C14H12N4OS. The van der Waals surface area contributed by atoms with Crippen molar-refractivity contribution < 1.29 is 4.74 Å². The van der Waals surface area contributed by atoms with Gasteiger partial charge in [-0.2, -0.15) is 10.2 Å². The van der Waals surface area contributed by atoms with Crippen molar-refractivity contribution in [2.24, 2.45) is 0 Å². The van der Waals surface area contributed by atoms with E-state index in [2.05, 4.69) is 16.4 Å². The third-order valence-electron chi connectivity index (χ3n) is 2.99. The zero-order chi connectivity index (χ0) is 13.9. The monoisotopic (exact) mass is 284 g/mol. The minimum absolute atomic E-state index is 0.604. The average molecular weight is 284 g/mol. The summed E-state index contributed by atoms with van der Waals surface area (Å²) in [5, 5.41) is 14.1. The van der Waals surface area contributed by atoms with Gasteiger partial charge in [0.2, 0.25) is 5.88 Å². The molecule has 1 N–H and O–H groups in total. The SMILES string of the molecule is COc1nc2sccn2c1CNc1ccc(C#N)cc1. The Hall–Kier alpha value is -2.52. The number of imidazole rings is 1. The first-order valence-electron chi connectivity index (χ1n) is 6.04. The van der Waals surface area contributed by atoms with Crippen molar-refractivity contribution >= 4 is 22.0 Å². The van der Waals surface area contributed by atoms with E-state index in [0.717, 1.165) is 16.3 Å². The summed E-state index contributed by atoms with van der Waals surface area (Å²) in [6.45, 7) is 0.604. The van der Waals surface area contributed by atoms with Crippen LogP contribution in [0.3, 0.4) is 0 Å². The first kappa shape index (κ1) is 12.5. The number of aromatic nitrogens is 2. The van der Waals surface area contributed by atoms with E-state index in [1.807, 2.05) is 28.1 Å². The average Bonchev–Trinajstić information content (AvgIpc) is 3.06. The lowest BCUT2D eigenvalue weighted by Crippen LogP contribution is -2.03. The molecule has 0 saturated heterocycles. The highest BCUT2D eigenvalue weighted by Crippen LogP contribution is 2.24. The normalized spacial score (nSPS) is 10.4. The Labute approximate surface area is 120 Å². The lowest BCUT2D eigenvalue weighted by atomic mass is 10.2. The molecule has 0 atom stereocenters. The number of thiazole rings is 1. The molecule has 5 nitrogen and oxygen atoms in total. The topological polar surface area (TPSA) is 62.4 Å². The summed E-state index contributed by atoms with van der Waals surface area (Å²) < 4.78 is 7.32. The maximum Gasteiger partial charge on any atom is 0.238 e. The predicted octanol–water partition coefficient (Wildman–Crippen LogP) is 2.89. The molecule has 6 heteroatoms. The van der Waals surface area contributed by atoms with Crippen LogP contribution in [-0.4, -0.2) is 16.5 Å². The van der Waals surface area contributed by atoms with Crippen LogP contribution in [0.1, 0.15) is 11.3 Å². The second-order valence-electron chi connectivity index (χ2n) is 4.17. The van der Waals surface area contributed by atoms with Crippen LogP contribution < -0.4 is 10.1 Å². The van der Waals surface area contributed by atoms with E-state index in [0.29, 0.717) is 18.0 Å². The minimum atomic E-state index is 0.604. The van der Waals surface area contributed by atoms with Crippen molar-refractivity contribution in [3.8, 4) is 11.9 Å². The first-order chi connectivity index (χ1) is 9.81. The van der Waals surface area contributed by atoms with Crippen LogP contribution in [0.2, 0.25) is 0 Å². The molecule has 2 aromatic heterocycles. The largest absolute Gasteiger partial charge is 0.480 e. The summed E-state index contributed by atoms with van der Waals surface area (Å²) in [5.41, 5.74) is 2.59. The van der Waals surface area contributed by atoms with E-state index in [9.17, 15) is 0 Å². The molecule has 0 amide bonds. The van der Waals surface area contributed by atoms with Gasteiger partial charge in [-0.1, -0.05) is 0 Å². The molecule has 0 fully saturated rings. The lowest BCUT2D eigenvalue weighted by molar-refractivity contribution is 0.395. The molecule has 1 aromatic carbocycles. The van der Waals surface area contributed by atoms with E-state index < -0.39 is 0 Å². The Morgan fingerprint density at radius 3 is 2.90 bits per heavy atom. The van der Waals surface area contributed by atoms with Crippen molar-refractivity contribution in [1.29, 1.82) is 5.26 Å². The summed E-state index contributed by atoms with van der Waals surface area (Å²) in [5.74, 6) is 0.637. The number of methoxy groups -OCH3 is 1. The first-order valence-corrected chi connectivity index (χ1v) is 6.92. The second kappa shape index (κ2) is 5.23. The smallest absolute Gasteiger partial charge is 0.238 e. The van der Waals surface area contributed by atoms with Gasteiger partial charge in [0.15, 0.2) is 4.96 Å². The number of nitrogens with zero attached hydrogens (tertiary/aromatic N) is 3. The number of hydrogen-bond acceptors (Lipinski definition) is 5. The van der Waals surface area contributed by atoms with Gasteiger partial charge in [-0.3, -0.25) is 4.40 Å². The van der Waals surface area contributed by atoms with Gasteiger partial charge in [0.1, 0.15) is 5.69 Å². The number of ether oxygens (including phenoxy) is 1. The number of fused-ring (bicyclic) bond motifs is 1. The Kier molecular flexibility index (Phi) is 3.27. The molecule has 100 valence electrons. The van der Waals surface area contributed by atoms with Gasteiger partial charge < -0.3 is 10.1 Å². The van der Waals surface area contributed by atoms with E-state index in [-0.39, 0.29) is 0 Å². The van der Waals surface area contributed by atoms with Crippen LogP contribution >= 0.6 is 11.3 Å². The zero-order valence-corrected chi connectivity index (χ0v) is 11.6. The number of nitriles is 1. The van der Waals surface area contributed by atoms with Crippen molar-refractivity contribution in [2.75, 3.05) is 12.4 Å². The molecule has 0 bridgehead atoms. The summed E-state index contributed by atoms with van der Waals surface area (Å²) in [7, 11) is 1.62. The molecule has 0 saturated carbocycles. The van der Waals surface area contributed by atoms with Gasteiger partial charge in [0, 0.05) is 17.3 Å². The van der Waals surface area contributed by atoms with Crippen LogP contribution in [0, 0.1) is 11.3 Å². The maximum atomic E-state index is 8.77. The van der Waals surface area contributed by atoms with Crippen molar-refractivity contribution in [2.45, 2.75) is 6.54 Å². The summed E-state index contributed by atoms with van der Waals surface area (Å²) >= 11 is 1.57. The molecule has 0 unspecified atom stereocenters. The van der Waals surface area contributed by atoms with Crippen LogP contribution in [0.25, 0.3) is 4.96 Å². The molecule has 0 aliphatic carbocycles. The Bertz CT molecular complexity index is 767. The third-order valence-corrected chi connectivity index (χ3v) is 3.75. The van der Waals surface area contributed by atoms with E-state index in [1.54, 1.807) is 30.6 Å². The van der Waals surface area contributed by atoms with Gasteiger partial charge >= 0.3 is 0 Å². The Morgan fingerprint density at radius 1 is 1.40 bits per heavy atom. The number of rotatable bonds is 4. The predicted molar refractivity (Wildman–Crippen MR) is 78.1 cm³/mol. The number of anilines is 1. The fourth-order valence-electron chi connectivity index (χ4n) is 1.99. The molecule has 0 aliphatic heterocycles. The van der Waals surface area contributed by atoms with Gasteiger partial charge in [0.25, 0.3) is 0 Å². The maximum absolute atomic E-state index is 8.77. The molecule has 0 aliphatic rings. The standard InChI is InChI=1S/C14H12N4OS/c1-19-13-12(18-6-7-20-14(18)17-13)9-16-11-4-2-10(8-15)3-5-11/h2-7,16H,9H2,1H3. The highest BCUT2D eigenvalue weighted by atomic mass is 32.1.